The van der Waals surface area contributed by atoms with Gasteiger partial charge in [-0.15, -0.1) is 0 Å². The lowest BCUT2D eigenvalue weighted by Crippen LogP contribution is -2.58. The van der Waals surface area contributed by atoms with Crippen molar-refractivity contribution in [1.82, 2.24) is 24.5 Å². The number of likely N-dealkylation sites (tertiary alicyclic amines) is 1. The summed E-state index contributed by atoms with van der Waals surface area (Å²) in [6.45, 7) is 11.4. The predicted molar refractivity (Wildman–Crippen MR) is 126 cm³/mol. The normalized spacial score (nSPS) is 22.4. The molecule has 1 atom stereocenters. The number of hydrogen-bond acceptors (Lipinski definition) is 5. The smallest absolute Gasteiger partial charge is 0.0968 e. The van der Waals surface area contributed by atoms with E-state index in [1.54, 1.807) is 0 Å². The molecule has 1 N–H and O–H groups in total. The molecule has 0 amide bonds. The average Bonchev–Trinajstić information content (AvgIpc) is 3.15. The zero-order chi connectivity index (χ0) is 21.8. The van der Waals surface area contributed by atoms with E-state index in [0.717, 1.165) is 38.3 Å². The number of aliphatic hydroxyl groups is 1. The van der Waals surface area contributed by atoms with Crippen molar-refractivity contribution in [3.05, 3.63) is 42.1 Å². The maximum absolute atomic E-state index is 9.75. The lowest BCUT2D eigenvalue weighted by Gasteiger charge is -2.48. The number of rotatable bonds is 7. The van der Waals surface area contributed by atoms with Gasteiger partial charge in [0.05, 0.1) is 5.69 Å². The topological polar surface area (TPSA) is 47.8 Å². The number of hydrogen-bond donors (Lipinski definition) is 1. The van der Waals surface area contributed by atoms with Crippen LogP contribution >= 0.6 is 0 Å². The van der Waals surface area contributed by atoms with Crippen LogP contribution < -0.4 is 0 Å². The van der Waals surface area contributed by atoms with Gasteiger partial charge in [0.25, 0.3) is 0 Å². The molecule has 6 heteroatoms. The molecule has 31 heavy (non-hydrogen) atoms. The molecule has 2 aliphatic heterocycles. The van der Waals surface area contributed by atoms with Gasteiger partial charge < -0.3 is 10.0 Å². The highest BCUT2D eigenvalue weighted by molar-refractivity contribution is 5.62. The molecule has 3 heterocycles. The number of aryl methyl sites for hydroxylation is 1. The molecule has 1 aromatic heterocycles. The van der Waals surface area contributed by atoms with Crippen LogP contribution in [-0.2, 0) is 13.6 Å². The Labute approximate surface area is 187 Å². The van der Waals surface area contributed by atoms with Gasteiger partial charge in [-0.1, -0.05) is 30.3 Å². The van der Waals surface area contributed by atoms with Gasteiger partial charge in [0, 0.05) is 75.3 Å². The average molecular weight is 426 g/mol. The summed E-state index contributed by atoms with van der Waals surface area (Å²) >= 11 is 0. The summed E-state index contributed by atoms with van der Waals surface area (Å²) in [6.07, 6.45) is 5.53. The van der Waals surface area contributed by atoms with Crippen molar-refractivity contribution in [1.29, 1.82) is 0 Å². The third kappa shape index (κ3) is 5.37. The Morgan fingerprint density at radius 1 is 1.06 bits per heavy atom. The molecule has 2 aromatic rings. The van der Waals surface area contributed by atoms with Crippen LogP contribution in [0.15, 0.2) is 36.5 Å². The van der Waals surface area contributed by atoms with E-state index < -0.39 is 0 Å². The number of aliphatic hydroxyl groups excluding tert-OH is 1. The van der Waals surface area contributed by atoms with E-state index in [0.29, 0.717) is 18.1 Å². The highest BCUT2D eigenvalue weighted by atomic mass is 16.3. The molecular weight excluding hydrogens is 386 g/mol. The van der Waals surface area contributed by atoms with Crippen molar-refractivity contribution in [3.8, 4) is 11.3 Å². The molecule has 0 bridgehead atoms. The standard InChI is InChI=1S/C25H39N5O/c1-20(2)29-12-9-23(10-13-29)30-15-14-28(19-24(30)11-16-31)18-22-17-27(3)26-25(22)21-7-5-4-6-8-21/h4-8,17,20,23-24,31H,9-16,18-19H2,1-3H3/t24-/m0/s1. The van der Waals surface area contributed by atoms with Crippen molar-refractivity contribution >= 4 is 0 Å². The number of piperazine rings is 1. The van der Waals surface area contributed by atoms with Crippen LogP contribution in [0.1, 0.15) is 38.7 Å². The van der Waals surface area contributed by atoms with Gasteiger partial charge in [-0.3, -0.25) is 14.5 Å². The predicted octanol–water partition coefficient (Wildman–Crippen LogP) is 2.83. The fourth-order valence-corrected chi connectivity index (χ4v) is 5.43. The van der Waals surface area contributed by atoms with E-state index in [9.17, 15) is 5.11 Å². The summed E-state index contributed by atoms with van der Waals surface area (Å²) in [6, 6.07) is 12.2. The summed E-state index contributed by atoms with van der Waals surface area (Å²) < 4.78 is 1.93. The molecule has 2 fully saturated rings. The van der Waals surface area contributed by atoms with E-state index in [-0.39, 0.29) is 6.61 Å². The molecular formula is C25H39N5O. The second kappa shape index (κ2) is 10.3. The molecule has 0 spiro atoms. The fourth-order valence-electron chi connectivity index (χ4n) is 5.43. The van der Waals surface area contributed by atoms with Crippen molar-refractivity contribution in [2.24, 2.45) is 7.05 Å². The molecule has 0 radical (unpaired) electrons. The molecule has 1 aromatic carbocycles. The van der Waals surface area contributed by atoms with E-state index in [2.05, 4.69) is 65.1 Å². The highest BCUT2D eigenvalue weighted by Gasteiger charge is 2.34. The Hall–Kier alpha value is -1.73. The largest absolute Gasteiger partial charge is 0.396 e. The van der Waals surface area contributed by atoms with Gasteiger partial charge in [0.1, 0.15) is 0 Å². The Morgan fingerprint density at radius 2 is 1.81 bits per heavy atom. The summed E-state index contributed by atoms with van der Waals surface area (Å²) in [7, 11) is 2.01. The van der Waals surface area contributed by atoms with Gasteiger partial charge >= 0.3 is 0 Å². The van der Waals surface area contributed by atoms with E-state index in [4.69, 9.17) is 5.10 Å². The first kappa shape index (κ1) is 22.5. The van der Waals surface area contributed by atoms with Crippen LogP contribution in [0.3, 0.4) is 0 Å². The zero-order valence-corrected chi connectivity index (χ0v) is 19.5. The molecule has 4 rings (SSSR count). The van der Waals surface area contributed by atoms with E-state index >= 15 is 0 Å². The maximum Gasteiger partial charge on any atom is 0.0968 e. The van der Waals surface area contributed by atoms with Crippen LogP contribution in [0.4, 0.5) is 0 Å². The van der Waals surface area contributed by atoms with Gasteiger partial charge in [-0.2, -0.15) is 5.10 Å². The second-order valence-corrected chi connectivity index (χ2v) is 9.54. The van der Waals surface area contributed by atoms with Crippen LogP contribution in [0, 0.1) is 0 Å². The van der Waals surface area contributed by atoms with Gasteiger partial charge in [0.2, 0.25) is 0 Å². The number of nitrogens with zero attached hydrogens (tertiary/aromatic N) is 5. The first-order valence-electron chi connectivity index (χ1n) is 12.0. The van der Waals surface area contributed by atoms with Gasteiger partial charge in [-0.05, 0) is 46.2 Å². The van der Waals surface area contributed by atoms with Crippen LogP contribution in [-0.4, -0.2) is 87.0 Å². The van der Waals surface area contributed by atoms with E-state index in [1.165, 1.54) is 37.1 Å². The molecule has 0 saturated carbocycles. The first-order chi connectivity index (χ1) is 15.0. The summed E-state index contributed by atoms with van der Waals surface area (Å²) in [5.74, 6) is 0. The molecule has 2 saturated heterocycles. The van der Waals surface area contributed by atoms with Gasteiger partial charge in [0.15, 0.2) is 0 Å². The Morgan fingerprint density at radius 3 is 2.48 bits per heavy atom. The minimum absolute atomic E-state index is 0.266. The van der Waals surface area contributed by atoms with Gasteiger partial charge in [-0.25, -0.2) is 0 Å². The summed E-state index contributed by atoms with van der Waals surface area (Å²) in [5.41, 5.74) is 3.56. The molecule has 0 aliphatic carbocycles. The summed E-state index contributed by atoms with van der Waals surface area (Å²) in [4.78, 5) is 7.87. The third-order valence-electron chi connectivity index (χ3n) is 7.12. The quantitative estimate of drug-likeness (QED) is 0.739. The monoisotopic (exact) mass is 425 g/mol. The van der Waals surface area contributed by atoms with Crippen molar-refractivity contribution in [2.75, 3.05) is 39.3 Å². The lowest BCUT2D eigenvalue weighted by atomic mass is 9.97. The molecule has 2 aliphatic rings. The van der Waals surface area contributed by atoms with Crippen LogP contribution in [0.2, 0.25) is 0 Å². The summed E-state index contributed by atoms with van der Waals surface area (Å²) in [5, 5.41) is 14.5. The van der Waals surface area contributed by atoms with E-state index in [1.807, 2.05) is 11.7 Å². The minimum Gasteiger partial charge on any atom is -0.396 e. The fraction of sp³-hybridized carbons (Fsp3) is 0.640. The molecule has 6 nitrogen and oxygen atoms in total. The second-order valence-electron chi connectivity index (χ2n) is 9.54. The third-order valence-corrected chi connectivity index (χ3v) is 7.12. The van der Waals surface area contributed by atoms with Crippen molar-refractivity contribution in [3.63, 3.8) is 0 Å². The van der Waals surface area contributed by atoms with Crippen LogP contribution in [0.5, 0.6) is 0 Å². The first-order valence-corrected chi connectivity index (χ1v) is 12.0. The zero-order valence-electron chi connectivity index (χ0n) is 19.5. The lowest BCUT2D eigenvalue weighted by molar-refractivity contribution is 0.00000354. The Bertz CT molecular complexity index is 813. The van der Waals surface area contributed by atoms with Crippen molar-refractivity contribution in [2.45, 2.75) is 57.8 Å². The minimum atomic E-state index is 0.266. The Balaban J connectivity index is 1.42. The number of benzene rings is 1. The van der Waals surface area contributed by atoms with Crippen molar-refractivity contribution < 1.29 is 5.11 Å². The van der Waals surface area contributed by atoms with Crippen LogP contribution in [0.25, 0.3) is 11.3 Å². The Kier molecular flexibility index (Phi) is 7.43. The number of piperidine rings is 1. The number of aromatic nitrogens is 2. The molecule has 0 unspecified atom stereocenters. The maximum atomic E-state index is 9.75. The molecule has 170 valence electrons. The highest BCUT2D eigenvalue weighted by Crippen LogP contribution is 2.27. The SMILES string of the molecule is CC(C)N1CCC(N2CCN(Cc3cn(C)nc3-c3ccccc3)C[C@@H]2CCO)CC1.